The maximum absolute atomic E-state index is 12.3. The standard InChI is InChI=1S/C12H17N3O2S.ClH/c1-10-8-11(9-13)4-5-12(10)18(16,17)15(3)7-6-14-2;/h4-5,8,14H,6-7H2,1-3H3;1H. The van der Waals surface area contributed by atoms with Crippen LogP contribution in [-0.2, 0) is 10.0 Å². The molecule has 1 aromatic rings. The highest BCUT2D eigenvalue weighted by atomic mass is 35.5. The fourth-order valence-electron chi connectivity index (χ4n) is 1.57. The third-order valence-corrected chi connectivity index (χ3v) is 4.69. The largest absolute Gasteiger partial charge is 0.318 e. The van der Waals surface area contributed by atoms with E-state index in [1.165, 1.54) is 16.4 Å². The van der Waals surface area contributed by atoms with Crippen LogP contribution in [0.5, 0.6) is 0 Å². The Morgan fingerprint density at radius 3 is 2.53 bits per heavy atom. The summed E-state index contributed by atoms with van der Waals surface area (Å²) < 4.78 is 25.9. The first-order valence-corrected chi connectivity index (χ1v) is 6.99. The van der Waals surface area contributed by atoms with Crippen LogP contribution in [0.15, 0.2) is 23.1 Å². The molecule has 1 rings (SSSR count). The third-order valence-electron chi connectivity index (χ3n) is 2.67. The van der Waals surface area contributed by atoms with Crippen molar-refractivity contribution in [3.05, 3.63) is 29.3 Å². The molecule has 0 spiro atoms. The average Bonchev–Trinajstić information content (AvgIpc) is 2.35. The highest BCUT2D eigenvalue weighted by Crippen LogP contribution is 2.19. The number of nitrogens with zero attached hydrogens (tertiary/aromatic N) is 2. The summed E-state index contributed by atoms with van der Waals surface area (Å²) in [4.78, 5) is 0.250. The van der Waals surface area contributed by atoms with Crippen molar-refractivity contribution in [1.82, 2.24) is 9.62 Å². The van der Waals surface area contributed by atoms with Gasteiger partial charge in [-0.1, -0.05) is 0 Å². The Morgan fingerprint density at radius 2 is 2.05 bits per heavy atom. The molecular weight excluding hydrogens is 286 g/mol. The van der Waals surface area contributed by atoms with Crippen LogP contribution in [0.2, 0.25) is 0 Å². The van der Waals surface area contributed by atoms with E-state index in [2.05, 4.69) is 5.32 Å². The van der Waals surface area contributed by atoms with Gasteiger partial charge in [0, 0.05) is 20.1 Å². The van der Waals surface area contributed by atoms with Crippen molar-refractivity contribution in [2.75, 3.05) is 27.2 Å². The number of rotatable bonds is 5. The van der Waals surface area contributed by atoms with Crippen LogP contribution < -0.4 is 5.32 Å². The Hall–Kier alpha value is -1.13. The lowest BCUT2D eigenvalue weighted by molar-refractivity contribution is 0.465. The summed E-state index contributed by atoms with van der Waals surface area (Å²) in [5.41, 5.74) is 1.05. The van der Waals surface area contributed by atoms with E-state index < -0.39 is 10.0 Å². The lowest BCUT2D eigenvalue weighted by Crippen LogP contribution is -2.33. The molecule has 5 nitrogen and oxygen atoms in total. The first kappa shape index (κ1) is 17.9. The normalized spacial score (nSPS) is 10.9. The molecule has 0 aromatic heterocycles. The van der Waals surface area contributed by atoms with Crippen molar-refractivity contribution in [3.8, 4) is 6.07 Å². The molecule has 0 saturated heterocycles. The van der Waals surface area contributed by atoms with E-state index in [0.29, 0.717) is 24.2 Å². The summed E-state index contributed by atoms with van der Waals surface area (Å²) in [6.07, 6.45) is 0. The zero-order valence-corrected chi connectivity index (χ0v) is 12.8. The van der Waals surface area contributed by atoms with Gasteiger partial charge in [0.05, 0.1) is 16.5 Å². The lowest BCUT2D eigenvalue weighted by Gasteiger charge is -2.18. The number of sulfonamides is 1. The second-order valence-electron chi connectivity index (χ2n) is 4.02. The summed E-state index contributed by atoms with van der Waals surface area (Å²) in [6.45, 7) is 2.68. The van der Waals surface area contributed by atoms with Gasteiger partial charge in [0.15, 0.2) is 0 Å². The summed E-state index contributed by atoms with van der Waals surface area (Å²) in [5, 5.41) is 11.7. The Bertz CT molecular complexity index is 567. The van der Waals surface area contributed by atoms with Gasteiger partial charge in [-0.3, -0.25) is 0 Å². The molecule has 7 heteroatoms. The Kier molecular flexibility index (Phi) is 7.01. The zero-order chi connectivity index (χ0) is 13.8. The van der Waals surface area contributed by atoms with Crippen LogP contribution in [0.1, 0.15) is 11.1 Å². The molecular formula is C12H18ClN3O2S. The highest BCUT2D eigenvalue weighted by Gasteiger charge is 2.22. The van der Waals surface area contributed by atoms with E-state index in [4.69, 9.17) is 5.26 Å². The Morgan fingerprint density at radius 1 is 1.42 bits per heavy atom. The number of nitrogens with one attached hydrogen (secondary N) is 1. The minimum atomic E-state index is -3.48. The van der Waals surface area contributed by atoms with Crippen molar-refractivity contribution in [1.29, 1.82) is 5.26 Å². The van der Waals surface area contributed by atoms with Gasteiger partial charge in [0.1, 0.15) is 0 Å². The van der Waals surface area contributed by atoms with Gasteiger partial charge < -0.3 is 5.32 Å². The maximum atomic E-state index is 12.3. The summed E-state index contributed by atoms with van der Waals surface area (Å²) in [7, 11) is -0.166. The molecule has 1 N–H and O–H groups in total. The van der Waals surface area contributed by atoms with Crippen LogP contribution in [0.4, 0.5) is 0 Å². The Labute approximate surface area is 120 Å². The molecule has 106 valence electrons. The molecule has 0 aliphatic carbocycles. The molecule has 0 heterocycles. The third kappa shape index (κ3) is 4.18. The summed E-state index contributed by atoms with van der Waals surface area (Å²) >= 11 is 0. The van der Waals surface area contributed by atoms with Gasteiger partial charge in [-0.15, -0.1) is 12.4 Å². The van der Waals surface area contributed by atoms with E-state index in [-0.39, 0.29) is 17.3 Å². The number of likely N-dealkylation sites (N-methyl/N-ethyl adjacent to an activating group) is 2. The number of hydrogen-bond acceptors (Lipinski definition) is 4. The molecule has 19 heavy (non-hydrogen) atoms. The smallest absolute Gasteiger partial charge is 0.243 e. The Balaban J connectivity index is 0.00000324. The predicted octanol–water partition coefficient (Wildman–Crippen LogP) is 1.13. The number of halogens is 1. The van der Waals surface area contributed by atoms with Crippen LogP contribution in [0.25, 0.3) is 0 Å². The minimum Gasteiger partial charge on any atom is -0.318 e. The molecule has 0 saturated carbocycles. The van der Waals surface area contributed by atoms with E-state index in [9.17, 15) is 8.42 Å². The predicted molar refractivity (Wildman–Crippen MR) is 76.9 cm³/mol. The second kappa shape index (κ2) is 7.46. The summed E-state index contributed by atoms with van der Waals surface area (Å²) in [5.74, 6) is 0. The SMILES string of the molecule is CNCCN(C)S(=O)(=O)c1ccc(C#N)cc1C.Cl. The number of benzene rings is 1. The molecule has 0 bridgehead atoms. The molecule has 0 radical (unpaired) electrons. The van der Waals surface area contributed by atoms with E-state index in [1.54, 1.807) is 27.1 Å². The van der Waals surface area contributed by atoms with Gasteiger partial charge in [0.2, 0.25) is 10.0 Å². The number of aryl methyl sites for hydroxylation is 1. The molecule has 0 atom stereocenters. The van der Waals surface area contributed by atoms with Gasteiger partial charge in [-0.05, 0) is 37.7 Å². The summed E-state index contributed by atoms with van der Waals surface area (Å²) in [6, 6.07) is 6.58. The van der Waals surface area contributed by atoms with Gasteiger partial charge in [-0.25, -0.2) is 8.42 Å². The minimum absolute atomic E-state index is 0. The molecule has 0 aliphatic heterocycles. The quantitative estimate of drug-likeness (QED) is 0.885. The second-order valence-corrected chi connectivity index (χ2v) is 6.04. The van der Waals surface area contributed by atoms with Gasteiger partial charge in [0.25, 0.3) is 0 Å². The highest BCUT2D eigenvalue weighted by molar-refractivity contribution is 7.89. The first-order valence-electron chi connectivity index (χ1n) is 5.55. The topological polar surface area (TPSA) is 73.2 Å². The monoisotopic (exact) mass is 303 g/mol. The van der Waals surface area contributed by atoms with Crippen LogP contribution in [0, 0.1) is 18.3 Å². The number of nitriles is 1. The van der Waals surface area contributed by atoms with Crippen molar-refractivity contribution in [2.24, 2.45) is 0 Å². The number of hydrogen-bond donors (Lipinski definition) is 1. The van der Waals surface area contributed by atoms with E-state index in [1.807, 2.05) is 6.07 Å². The molecule has 0 aliphatic rings. The van der Waals surface area contributed by atoms with Crippen LogP contribution in [0.3, 0.4) is 0 Å². The zero-order valence-electron chi connectivity index (χ0n) is 11.2. The van der Waals surface area contributed by atoms with Gasteiger partial charge in [-0.2, -0.15) is 9.57 Å². The van der Waals surface area contributed by atoms with E-state index in [0.717, 1.165) is 0 Å². The van der Waals surface area contributed by atoms with Crippen molar-refractivity contribution in [3.63, 3.8) is 0 Å². The first-order chi connectivity index (χ1) is 8.43. The fourth-order valence-corrected chi connectivity index (χ4v) is 2.94. The van der Waals surface area contributed by atoms with Crippen LogP contribution >= 0.6 is 12.4 Å². The van der Waals surface area contributed by atoms with Crippen molar-refractivity contribution >= 4 is 22.4 Å². The van der Waals surface area contributed by atoms with Crippen LogP contribution in [-0.4, -0.2) is 39.9 Å². The van der Waals surface area contributed by atoms with Crippen molar-refractivity contribution < 1.29 is 8.42 Å². The molecule has 0 fully saturated rings. The molecule has 1 aromatic carbocycles. The fraction of sp³-hybridized carbons (Fsp3) is 0.417. The lowest BCUT2D eigenvalue weighted by atomic mass is 10.2. The van der Waals surface area contributed by atoms with E-state index >= 15 is 0 Å². The average molecular weight is 304 g/mol. The molecule has 0 unspecified atom stereocenters. The molecule has 0 amide bonds. The van der Waals surface area contributed by atoms with Crippen molar-refractivity contribution in [2.45, 2.75) is 11.8 Å². The van der Waals surface area contributed by atoms with Gasteiger partial charge >= 0.3 is 0 Å². The maximum Gasteiger partial charge on any atom is 0.243 e.